The molecular formula is C20H20F3N3O3. The zero-order chi connectivity index (χ0) is 21.2. The van der Waals surface area contributed by atoms with Crippen LogP contribution in [0.5, 0.6) is 11.5 Å². The van der Waals surface area contributed by atoms with Gasteiger partial charge in [0.2, 0.25) is 0 Å². The molecule has 0 spiro atoms. The molecular weight excluding hydrogens is 387 g/mol. The summed E-state index contributed by atoms with van der Waals surface area (Å²) in [6.07, 6.45) is -3.10. The molecule has 2 aromatic heterocycles. The van der Waals surface area contributed by atoms with E-state index in [-0.39, 0.29) is 17.8 Å². The van der Waals surface area contributed by atoms with Crippen LogP contribution in [0.25, 0.3) is 11.0 Å². The number of rotatable bonds is 6. The fourth-order valence-corrected chi connectivity index (χ4v) is 3.07. The van der Waals surface area contributed by atoms with Crippen molar-refractivity contribution in [3.63, 3.8) is 0 Å². The van der Waals surface area contributed by atoms with Gasteiger partial charge in [-0.1, -0.05) is 0 Å². The Morgan fingerprint density at radius 3 is 2.41 bits per heavy atom. The van der Waals surface area contributed by atoms with Gasteiger partial charge in [-0.2, -0.15) is 13.2 Å². The van der Waals surface area contributed by atoms with E-state index in [0.29, 0.717) is 16.9 Å². The zero-order valence-electron chi connectivity index (χ0n) is 16.1. The molecule has 0 saturated heterocycles. The van der Waals surface area contributed by atoms with Gasteiger partial charge in [0.25, 0.3) is 5.91 Å². The fraction of sp³-hybridized carbons (Fsp3) is 0.300. The Morgan fingerprint density at radius 2 is 1.83 bits per heavy atom. The van der Waals surface area contributed by atoms with Crippen LogP contribution in [0.4, 0.5) is 13.2 Å². The highest BCUT2D eigenvalue weighted by Gasteiger charge is 2.36. The summed E-state index contributed by atoms with van der Waals surface area (Å²) in [5, 5.41) is 3.10. The van der Waals surface area contributed by atoms with Crippen molar-refractivity contribution in [1.29, 1.82) is 0 Å². The van der Waals surface area contributed by atoms with Gasteiger partial charge >= 0.3 is 6.18 Å². The lowest BCUT2D eigenvalue weighted by molar-refractivity contribution is -0.143. The standard InChI is InChI=1S/C20H20F3N3O3/c1-12(25-19(27)14-7-15(28-2)10-16(8-14)29-3)11-26-17(20(21,22)23)9-13-5-4-6-24-18(13)26/h4-10,12H,11H2,1-3H3,(H,25,27)/t12-/m0/s1. The second kappa shape index (κ2) is 8.02. The zero-order valence-corrected chi connectivity index (χ0v) is 16.1. The molecule has 6 nitrogen and oxygen atoms in total. The van der Waals surface area contributed by atoms with Gasteiger partial charge in [0.1, 0.15) is 22.8 Å². The van der Waals surface area contributed by atoms with Crippen LogP contribution in [0.3, 0.4) is 0 Å². The first-order valence-corrected chi connectivity index (χ1v) is 8.78. The van der Waals surface area contributed by atoms with Crippen LogP contribution in [-0.4, -0.2) is 35.7 Å². The highest BCUT2D eigenvalue weighted by molar-refractivity contribution is 5.95. The Labute approximate surface area is 165 Å². The Kier molecular flexibility index (Phi) is 5.67. The molecule has 0 saturated carbocycles. The average molecular weight is 407 g/mol. The molecule has 0 unspecified atom stereocenters. The van der Waals surface area contributed by atoms with E-state index in [1.54, 1.807) is 25.1 Å². The van der Waals surface area contributed by atoms with Gasteiger partial charge in [-0.15, -0.1) is 0 Å². The summed E-state index contributed by atoms with van der Waals surface area (Å²) in [5.74, 6) is 0.414. The van der Waals surface area contributed by atoms with Crippen LogP contribution in [-0.2, 0) is 12.7 Å². The number of benzene rings is 1. The quantitative estimate of drug-likeness (QED) is 0.673. The molecule has 0 aliphatic rings. The maximum absolute atomic E-state index is 13.5. The SMILES string of the molecule is COc1cc(OC)cc(C(=O)N[C@@H](C)Cn2c(C(F)(F)F)cc3cccnc32)c1. The smallest absolute Gasteiger partial charge is 0.431 e. The van der Waals surface area contributed by atoms with Crippen molar-refractivity contribution in [2.75, 3.05) is 14.2 Å². The van der Waals surface area contributed by atoms with Gasteiger partial charge in [-0.25, -0.2) is 4.98 Å². The molecule has 3 rings (SSSR count). The normalized spacial score (nSPS) is 12.6. The van der Waals surface area contributed by atoms with Crippen LogP contribution < -0.4 is 14.8 Å². The summed E-state index contributed by atoms with van der Waals surface area (Å²) in [6.45, 7) is 1.53. The first kappa shape index (κ1) is 20.5. The van der Waals surface area contributed by atoms with Crippen molar-refractivity contribution in [3.05, 3.63) is 53.9 Å². The van der Waals surface area contributed by atoms with Crippen LogP contribution in [0.1, 0.15) is 23.0 Å². The van der Waals surface area contributed by atoms with Gasteiger partial charge < -0.3 is 19.4 Å². The number of carbonyl (C=O) groups is 1. The third-order valence-corrected chi connectivity index (χ3v) is 4.39. The number of nitrogens with zero attached hydrogens (tertiary/aromatic N) is 2. The van der Waals surface area contributed by atoms with Crippen molar-refractivity contribution in [3.8, 4) is 11.5 Å². The molecule has 0 aliphatic carbocycles. The lowest BCUT2D eigenvalue weighted by Crippen LogP contribution is -2.36. The monoisotopic (exact) mass is 407 g/mol. The second-order valence-corrected chi connectivity index (χ2v) is 6.53. The third-order valence-electron chi connectivity index (χ3n) is 4.39. The van der Waals surface area contributed by atoms with Gasteiger partial charge in [-0.3, -0.25) is 4.79 Å². The minimum Gasteiger partial charge on any atom is -0.497 e. The number of hydrogen-bond donors (Lipinski definition) is 1. The Hall–Kier alpha value is -3.23. The van der Waals surface area contributed by atoms with E-state index in [1.165, 1.54) is 32.5 Å². The first-order valence-electron chi connectivity index (χ1n) is 8.78. The van der Waals surface area contributed by atoms with Gasteiger partial charge in [0.15, 0.2) is 0 Å². The summed E-state index contributed by atoms with van der Waals surface area (Å²) < 4.78 is 51.8. The summed E-state index contributed by atoms with van der Waals surface area (Å²) >= 11 is 0. The number of pyridine rings is 1. The predicted molar refractivity (Wildman–Crippen MR) is 101 cm³/mol. The van der Waals surface area contributed by atoms with E-state index in [9.17, 15) is 18.0 Å². The molecule has 1 N–H and O–H groups in total. The molecule has 154 valence electrons. The first-order chi connectivity index (χ1) is 13.7. The number of carbonyl (C=O) groups excluding carboxylic acids is 1. The molecule has 1 amide bonds. The number of aromatic nitrogens is 2. The molecule has 3 aromatic rings. The molecule has 1 atom stereocenters. The Balaban J connectivity index is 1.84. The second-order valence-electron chi connectivity index (χ2n) is 6.53. The Bertz CT molecular complexity index is 1010. The van der Waals surface area contributed by atoms with Crippen LogP contribution in [0, 0.1) is 0 Å². The lowest BCUT2D eigenvalue weighted by atomic mass is 10.1. The summed E-state index contributed by atoms with van der Waals surface area (Å²) in [4.78, 5) is 16.7. The summed E-state index contributed by atoms with van der Waals surface area (Å²) in [6, 6.07) is 8.28. The van der Waals surface area contributed by atoms with E-state index < -0.39 is 23.8 Å². The third kappa shape index (κ3) is 4.44. The number of nitrogens with one attached hydrogen (secondary N) is 1. The summed E-state index contributed by atoms with van der Waals surface area (Å²) in [7, 11) is 2.92. The van der Waals surface area contributed by atoms with Crippen molar-refractivity contribution >= 4 is 16.9 Å². The van der Waals surface area contributed by atoms with E-state index in [1.807, 2.05) is 0 Å². The van der Waals surface area contributed by atoms with Crippen molar-refractivity contribution in [1.82, 2.24) is 14.9 Å². The maximum atomic E-state index is 13.5. The molecule has 29 heavy (non-hydrogen) atoms. The Morgan fingerprint density at radius 1 is 1.17 bits per heavy atom. The van der Waals surface area contributed by atoms with Gasteiger partial charge in [0, 0.05) is 35.8 Å². The highest BCUT2D eigenvalue weighted by Crippen LogP contribution is 2.33. The van der Waals surface area contributed by atoms with Gasteiger partial charge in [-0.05, 0) is 37.3 Å². The van der Waals surface area contributed by atoms with E-state index in [0.717, 1.165) is 10.6 Å². The molecule has 0 fully saturated rings. The van der Waals surface area contributed by atoms with Gasteiger partial charge in [0.05, 0.1) is 14.2 Å². The molecule has 1 aromatic carbocycles. The molecule has 2 heterocycles. The number of fused-ring (bicyclic) bond motifs is 1. The van der Waals surface area contributed by atoms with E-state index in [2.05, 4.69) is 10.3 Å². The number of ether oxygens (including phenoxy) is 2. The summed E-state index contributed by atoms with van der Waals surface area (Å²) in [5.41, 5.74) is -0.320. The number of methoxy groups -OCH3 is 2. The minimum atomic E-state index is -4.54. The number of amides is 1. The minimum absolute atomic E-state index is 0.0950. The van der Waals surface area contributed by atoms with Crippen molar-refractivity contribution in [2.45, 2.75) is 25.7 Å². The molecule has 0 aliphatic heterocycles. The molecule has 0 bridgehead atoms. The van der Waals surface area contributed by atoms with E-state index >= 15 is 0 Å². The largest absolute Gasteiger partial charge is 0.497 e. The number of hydrogen-bond acceptors (Lipinski definition) is 4. The fourth-order valence-electron chi connectivity index (χ4n) is 3.07. The maximum Gasteiger partial charge on any atom is 0.431 e. The predicted octanol–water partition coefficient (Wildman–Crippen LogP) is 3.89. The van der Waals surface area contributed by atoms with Crippen molar-refractivity contribution < 1.29 is 27.4 Å². The average Bonchev–Trinajstić information content (AvgIpc) is 3.06. The van der Waals surface area contributed by atoms with Crippen LogP contribution in [0.2, 0.25) is 0 Å². The number of alkyl halides is 3. The molecule has 0 radical (unpaired) electrons. The highest BCUT2D eigenvalue weighted by atomic mass is 19.4. The van der Waals surface area contributed by atoms with Crippen LogP contribution in [0.15, 0.2) is 42.6 Å². The van der Waals surface area contributed by atoms with E-state index in [4.69, 9.17) is 9.47 Å². The number of halogens is 3. The lowest BCUT2D eigenvalue weighted by Gasteiger charge is -2.19. The van der Waals surface area contributed by atoms with Crippen molar-refractivity contribution in [2.24, 2.45) is 0 Å². The molecule has 9 heteroatoms. The van der Waals surface area contributed by atoms with Crippen LogP contribution >= 0.6 is 0 Å². The topological polar surface area (TPSA) is 65.4 Å².